The topological polar surface area (TPSA) is 76.2 Å². The lowest BCUT2D eigenvalue weighted by Gasteiger charge is -1.89. The molecular formula is C8H10N2O3S. The highest BCUT2D eigenvalue weighted by atomic mass is 32.2. The zero-order valence-electron chi connectivity index (χ0n) is 7.47. The van der Waals surface area contributed by atoms with Crippen molar-refractivity contribution in [3.8, 4) is 0 Å². The predicted octanol–water partition coefficient (Wildman–Crippen LogP) is 1.20. The summed E-state index contributed by atoms with van der Waals surface area (Å²) in [6, 6.07) is 0. The molecule has 1 fully saturated rings. The second kappa shape index (κ2) is 4.00. The van der Waals surface area contributed by atoms with Crippen molar-refractivity contribution in [1.29, 1.82) is 0 Å². The Hall–Kier alpha value is -1.04. The van der Waals surface area contributed by atoms with Gasteiger partial charge in [-0.2, -0.15) is 0 Å². The lowest BCUT2D eigenvalue weighted by atomic mass is 10.3. The third-order valence-corrected chi connectivity index (χ3v) is 2.73. The van der Waals surface area contributed by atoms with Gasteiger partial charge in [0.15, 0.2) is 0 Å². The molecule has 0 amide bonds. The van der Waals surface area contributed by atoms with Crippen molar-refractivity contribution in [1.82, 2.24) is 10.2 Å². The summed E-state index contributed by atoms with van der Waals surface area (Å²) in [6.45, 7) is 0. The fraction of sp³-hybridized carbons (Fsp3) is 0.625. The first-order chi connectivity index (χ1) is 6.74. The van der Waals surface area contributed by atoms with E-state index >= 15 is 0 Å². The van der Waals surface area contributed by atoms with Crippen LogP contribution in [0.25, 0.3) is 0 Å². The van der Waals surface area contributed by atoms with Crippen LogP contribution in [0.4, 0.5) is 0 Å². The Labute approximate surface area is 84.9 Å². The smallest absolute Gasteiger partial charge is 0.314 e. The molecule has 0 aromatic carbocycles. The molecule has 0 unspecified atom stereocenters. The largest absolute Gasteiger partial charge is 0.481 e. The molecule has 0 saturated heterocycles. The van der Waals surface area contributed by atoms with Gasteiger partial charge in [-0.3, -0.25) is 4.79 Å². The molecule has 2 rings (SSSR count). The van der Waals surface area contributed by atoms with E-state index < -0.39 is 5.97 Å². The highest BCUT2D eigenvalue weighted by molar-refractivity contribution is 7.99. The number of aromatic nitrogens is 2. The molecule has 0 radical (unpaired) electrons. The minimum atomic E-state index is -0.878. The van der Waals surface area contributed by atoms with Crippen LogP contribution in [-0.2, 0) is 11.2 Å². The quantitative estimate of drug-likeness (QED) is 0.742. The van der Waals surface area contributed by atoms with Crippen LogP contribution in [0.3, 0.4) is 0 Å². The van der Waals surface area contributed by atoms with E-state index in [0.29, 0.717) is 17.0 Å². The van der Waals surface area contributed by atoms with Crippen LogP contribution >= 0.6 is 11.8 Å². The van der Waals surface area contributed by atoms with Crippen molar-refractivity contribution in [3.05, 3.63) is 5.89 Å². The number of aliphatic carboxylic acids is 1. The van der Waals surface area contributed by atoms with Crippen molar-refractivity contribution in [3.63, 3.8) is 0 Å². The van der Waals surface area contributed by atoms with Gasteiger partial charge >= 0.3 is 5.97 Å². The Morgan fingerprint density at radius 3 is 3.00 bits per heavy atom. The molecule has 6 heteroatoms. The highest BCUT2D eigenvalue weighted by Gasteiger charge is 2.24. The molecular weight excluding hydrogens is 204 g/mol. The predicted molar refractivity (Wildman–Crippen MR) is 49.1 cm³/mol. The fourth-order valence-electron chi connectivity index (χ4n) is 1.07. The van der Waals surface area contributed by atoms with Crippen molar-refractivity contribution in [2.45, 2.75) is 24.5 Å². The number of carboxylic acid groups (broad SMARTS) is 1. The molecule has 1 aliphatic rings. The maximum absolute atomic E-state index is 10.3. The average molecular weight is 214 g/mol. The minimum absolute atomic E-state index is 0.0366. The summed E-state index contributed by atoms with van der Waals surface area (Å²) in [7, 11) is 0. The third-order valence-electron chi connectivity index (χ3n) is 1.93. The molecule has 0 spiro atoms. The van der Waals surface area contributed by atoms with Gasteiger partial charge in [-0.15, -0.1) is 10.2 Å². The van der Waals surface area contributed by atoms with E-state index in [4.69, 9.17) is 9.52 Å². The van der Waals surface area contributed by atoms with Crippen molar-refractivity contribution in [2.75, 3.05) is 5.75 Å². The monoisotopic (exact) mass is 214 g/mol. The molecule has 0 aliphatic heterocycles. The van der Waals surface area contributed by atoms with E-state index in [2.05, 4.69) is 10.2 Å². The average Bonchev–Trinajstić information content (AvgIpc) is 2.81. The maximum Gasteiger partial charge on any atom is 0.314 e. The number of hydrogen-bond donors (Lipinski definition) is 1. The number of nitrogens with zero attached hydrogens (tertiary/aromatic N) is 2. The number of hydrogen-bond acceptors (Lipinski definition) is 5. The van der Waals surface area contributed by atoms with Gasteiger partial charge < -0.3 is 9.52 Å². The van der Waals surface area contributed by atoms with E-state index in [0.717, 1.165) is 18.2 Å². The standard InChI is InChI=1S/C8H10N2O3S/c11-7(12)4-14-8-10-9-6(13-8)3-5-1-2-5/h5H,1-4H2,(H,11,12). The summed E-state index contributed by atoms with van der Waals surface area (Å²) in [4.78, 5) is 10.3. The van der Waals surface area contributed by atoms with Crippen LogP contribution < -0.4 is 0 Å². The van der Waals surface area contributed by atoms with Gasteiger partial charge in [-0.1, -0.05) is 11.8 Å². The fourth-order valence-corrected chi connectivity index (χ4v) is 1.57. The van der Waals surface area contributed by atoms with Crippen LogP contribution in [0, 0.1) is 5.92 Å². The van der Waals surface area contributed by atoms with Gasteiger partial charge in [0.1, 0.15) is 5.75 Å². The van der Waals surface area contributed by atoms with E-state index in [-0.39, 0.29) is 5.75 Å². The van der Waals surface area contributed by atoms with E-state index in [1.807, 2.05) is 0 Å². The third kappa shape index (κ3) is 2.73. The van der Waals surface area contributed by atoms with E-state index in [1.54, 1.807) is 0 Å². The lowest BCUT2D eigenvalue weighted by molar-refractivity contribution is -0.133. The second-order valence-electron chi connectivity index (χ2n) is 3.29. The van der Waals surface area contributed by atoms with Gasteiger partial charge in [0.05, 0.1) is 0 Å². The first-order valence-corrected chi connectivity index (χ1v) is 5.39. The van der Waals surface area contributed by atoms with Crippen molar-refractivity contribution >= 4 is 17.7 Å². The van der Waals surface area contributed by atoms with Gasteiger partial charge in [0.2, 0.25) is 5.89 Å². The Kier molecular flexibility index (Phi) is 2.72. The van der Waals surface area contributed by atoms with Crippen LogP contribution in [0.5, 0.6) is 0 Å². The summed E-state index contributed by atoms with van der Waals surface area (Å²) >= 11 is 1.06. The van der Waals surface area contributed by atoms with Crippen LogP contribution in [-0.4, -0.2) is 27.0 Å². The van der Waals surface area contributed by atoms with Gasteiger partial charge in [0, 0.05) is 6.42 Å². The molecule has 1 aromatic heterocycles. The number of carbonyl (C=O) groups is 1. The molecule has 1 heterocycles. The normalized spacial score (nSPS) is 15.7. The van der Waals surface area contributed by atoms with Crippen LogP contribution in [0.1, 0.15) is 18.7 Å². The van der Waals surface area contributed by atoms with Crippen molar-refractivity contribution in [2.24, 2.45) is 5.92 Å². The van der Waals surface area contributed by atoms with E-state index in [9.17, 15) is 4.79 Å². The number of rotatable bonds is 5. The summed E-state index contributed by atoms with van der Waals surface area (Å²) in [5.41, 5.74) is 0. The summed E-state index contributed by atoms with van der Waals surface area (Å²) < 4.78 is 5.26. The van der Waals surface area contributed by atoms with Crippen molar-refractivity contribution < 1.29 is 14.3 Å². The summed E-state index contributed by atoms with van der Waals surface area (Å²) in [5, 5.41) is 16.4. The van der Waals surface area contributed by atoms with Gasteiger partial charge in [-0.05, 0) is 18.8 Å². The Balaban J connectivity index is 1.85. The summed E-state index contributed by atoms with van der Waals surface area (Å²) in [6.07, 6.45) is 3.31. The van der Waals surface area contributed by atoms with Gasteiger partial charge in [-0.25, -0.2) is 0 Å². The highest BCUT2D eigenvalue weighted by Crippen LogP contribution is 2.32. The lowest BCUT2D eigenvalue weighted by Crippen LogP contribution is -1.97. The Morgan fingerprint density at radius 2 is 2.36 bits per heavy atom. The molecule has 0 atom stereocenters. The Bertz CT molecular complexity index is 335. The first-order valence-electron chi connectivity index (χ1n) is 4.41. The van der Waals surface area contributed by atoms with E-state index in [1.165, 1.54) is 12.8 Å². The Morgan fingerprint density at radius 1 is 1.57 bits per heavy atom. The first kappa shape index (κ1) is 9.51. The zero-order chi connectivity index (χ0) is 9.97. The SMILES string of the molecule is O=C(O)CSc1nnc(CC2CC2)o1. The molecule has 1 N–H and O–H groups in total. The minimum Gasteiger partial charge on any atom is -0.481 e. The van der Waals surface area contributed by atoms with Crippen LogP contribution in [0.2, 0.25) is 0 Å². The molecule has 1 saturated carbocycles. The molecule has 1 aliphatic carbocycles. The molecule has 14 heavy (non-hydrogen) atoms. The maximum atomic E-state index is 10.3. The van der Waals surface area contributed by atoms with Crippen LogP contribution in [0.15, 0.2) is 9.64 Å². The second-order valence-corrected chi connectivity index (χ2v) is 4.22. The molecule has 5 nitrogen and oxygen atoms in total. The van der Waals surface area contributed by atoms with Gasteiger partial charge in [0.25, 0.3) is 5.22 Å². The molecule has 0 bridgehead atoms. The molecule has 1 aromatic rings. The number of carboxylic acids is 1. The summed E-state index contributed by atoms with van der Waals surface area (Å²) in [5.74, 6) is 0.413. The molecule has 76 valence electrons. The zero-order valence-corrected chi connectivity index (χ0v) is 8.29. The number of thioether (sulfide) groups is 1.